The highest BCUT2D eigenvalue weighted by molar-refractivity contribution is 5.93. The summed E-state index contributed by atoms with van der Waals surface area (Å²) in [4.78, 5) is 26.9. The number of nitrogens with one attached hydrogen (secondary N) is 2. The fourth-order valence-corrected chi connectivity index (χ4v) is 6.17. The lowest BCUT2D eigenvalue weighted by Crippen LogP contribution is -2.43. The van der Waals surface area contributed by atoms with Crippen molar-refractivity contribution >= 4 is 23.2 Å². The first-order valence-corrected chi connectivity index (χ1v) is 17.6. The topological polar surface area (TPSA) is 146 Å². The molecular formula is C41H50N4O6. The third-order valence-electron chi connectivity index (χ3n) is 9.43. The van der Waals surface area contributed by atoms with E-state index in [2.05, 4.69) is 15.5 Å². The van der Waals surface area contributed by atoms with E-state index in [9.17, 15) is 19.8 Å². The Bertz CT molecular complexity index is 1680. The van der Waals surface area contributed by atoms with Crippen LogP contribution in [0.2, 0.25) is 0 Å². The van der Waals surface area contributed by atoms with Crippen LogP contribution in [0.15, 0.2) is 103 Å². The van der Waals surface area contributed by atoms with E-state index in [1.54, 1.807) is 12.1 Å². The van der Waals surface area contributed by atoms with Crippen molar-refractivity contribution in [2.75, 3.05) is 24.6 Å². The molecule has 0 unspecified atom stereocenters. The molecule has 0 aromatic heterocycles. The van der Waals surface area contributed by atoms with Crippen molar-refractivity contribution in [1.82, 2.24) is 10.2 Å². The molecule has 5 rings (SSSR count). The average molecular weight is 695 g/mol. The molecule has 0 aliphatic carbocycles. The van der Waals surface area contributed by atoms with Gasteiger partial charge in [0.05, 0.1) is 36.3 Å². The minimum absolute atomic E-state index is 0.0242. The van der Waals surface area contributed by atoms with Gasteiger partial charge in [0.25, 0.3) is 0 Å². The van der Waals surface area contributed by atoms with Crippen LogP contribution in [-0.2, 0) is 32.2 Å². The van der Waals surface area contributed by atoms with Crippen molar-refractivity contribution in [3.63, 3.8) is 0 Å². The summed E-state index contributed by atoms with van der Waals surface area (Å²) in [7, 11) is 2.00. The van der Waals surface area contributed by atoms with Gasteiger partial charge in [-0.05, 0) is 61.2 Å². The number of unbranched alkanes of at least 4 members (excludes halogenated alkanes) is 1. The molecule has 10 nitrogen and oxygen atoms in total. The molecule has 0 radical (unpaired) electrons. The van der Waals surface area contributed by atoms with Crippen LogP contribution in [0.1, 0.15) is 85.3 Å². The lowest BCUT2D eigenvalue weighted by molar-refractivity contribution is -0.253. The Labute approximate surface area is 300 Å². The number of ether oxygens (including phenoxy) is 2. The van der Waals surface area contributed by atoms with Gasteiger partial charge in [0.15, 0.2) is 6.29 Å². The van der Waals surface area contributed by atoms with E-state index >= 15 is 0 Å². The third kappa shape index (κ3) is 11.0. The minimum atomic E-state index is -0.645. The Morgan fingerprint density at radius 3 is 2.16 bits per heavy atom. The van der Waals surface area contributed by atoms with Crippen LogP contribution in [0.4, 0.5) is 11.4 Å². The van der Waals surface area contributed by atoms with E-state index in [1.165, 1.54) is 0 Å². The zero-order valence-corrected chi connectivity index (χ0v) is 29.4. The summed E-state index contributed by atoms with van der Waals surface area (Å²) < 4.78 is 13.0. The molecule has 5 atom stereocenters. The fourth-order valence-electron chi connectivity index (χ4n) is 6.17. The Balaban J connectivity index is 1.14. The fraction of sp³-hybridized carbons (Fsp3) is 0.366. The van der Waals surface area contributed by atoms with Crippen LogP contribution in [0, 0.1) is 0 Å². The van der Waals surface area contributed by atoms with Gasteiger partial charge in [-0.2, -0.15) is 0 Å². The van der Waals surface area contributed by atoms with Crippen molar-refractivity contribution in [2.45, 2.75) is 82.8 Å². The maximum atomic E-state index is 12.5. The van der Waals surface area contributed by atoms with Gasteiger partial charge in [-0.3, -0.25) is 14.5 Å². The summed E-state index contributed by atoms with van der Waals surface area (Å²) in [5.41, 5.74) is 11.5. The van der Waals surface area contributed by atoms with Crippen LogP contribution in [0.25, 0.3) is 0 Å². The second-order valence-electron chi connectivity index (χ2n) is 13.2. The maximum Gasteiger partial charge on any atom is 0.224 e. The summed E-state index contributed by atoms with van der Waals surface area (Å²) in [6, 6.07) is 32.3. The molecule has 1 aliphatic rings. The highest BCUT2D eigenvalue weighted by Crippen LogP contribution is 2.38. The number of amides is 2. The second-order valence-corrected chi connectivity index (χ2v) is 13.2. The molecule has 1 fully saturated rings. The Morgan fingerprint density at radius 1 is 0.843 bits per heavy atom. The number of para-hydroxylation sites is 2. The number of aliphatic hydroxyl groups is 2. The molecule has 51 heavy (non-hydrogen) atoms. The zero-order chi connectivity index (χ0) is 36.2. The first-order valence-electron chi connectivity index (χ1n) is 17.6. The van der Waals surface area contributed by atoms with E-state index in [4.69, 9.17) is 15.2 Å². The quantitative estimate of drug-likeness (QED) is 0.0691. The van der Waals surface area contributed by atoms with E-state index in [-0.39, 0.29) is 36.7 Å². The van der Waals surface area contributed by atoms with Crippen LogP contribution >= 0.6 is 0 Å². The number of anilines is 2. The van der Waals surface area contributed by atoms with Crippen LogP contribution in [0.3, 0.4) is 0 Å². The first kappa shape index (κ1) is 37.7. The highest BCUT2D eigenvalue weighted by atomic mass is 16.7. The van der Waals surface area contributed by atoms with Crippen molar-refractivity contribution in [3.05, 3.63) is 131 Å². The molecule has 1 saturated heterocycles. The second kappa shape index (κ2) is 18.6. The molecule has 10 heteroatoms. The first-order chi connectivity index (χ1) is 24.7. The summed E-state index contributed by atoms with van der Waals surface area (Å²) in [5.74, 6) is -0.195. The average Bonchev–Trinajstić information content (AvgIpc) is 3.16. The molecule has 4 aromatic carbocycles. The predicted molar refractivity (Wildman–Crippen MR) is 198 cm³/mol. The molecule has 6 N–H and O–H groups in total. The lowest BCUT2D eigenvalue weighted by Gasteiger charge is -2.39. The number of carbonyl (C=O) groups excluding carboxylic acids is 2. The van der Waals surface area contributed by atoms with Gasteiger partial charge in [-0.25, -0.2) is 0 Å². The minimum Gasteiger partial charge on any atom is -0.397 e. The number of nitrogens with two attached hydrogens (primary N) is 1. The summed E-state index contributed by atoms with van der Waals surface area (Å²) in [6.07, 6.45) is 0.802. The molecular weight excluding hydrogens is 644 g/mol. The van der Waals surface area contributed by atoms with Crippen LogP contribution in [0.5, 0.6) is 0 Å². The van der Waals surface area contributed by atoms with Gasteiger partial charge in [-0.1, -0.05) is 91.0 Å². The monoisotopic (exact) mass is 694 g/mol. The standard InChI is InChI=1S/C41H50N4O6/c1-28(40(49)32-10-4-3-5-11-32)45(2)26-34-24-37(31-20-18-30(27-46)19-21-31)51-41(50-34)33-22-16-29(17-23-33)25-43-38(47)14-8-9-15-39(48)44-36-13-7-6-12-35(36)42/h3-7,10-13,16-23,28,34,37,40-41,46,49H,8-9,14-15,24-27,42H2,1-2H3,(H,43,47)(H,44,48)/t28-,34+,37-,40-,41-/m1/s1. The lowest BCUT2D eigenvalue weighted by atomic mass is 9.98. The normalized spacial score (nSPS) is 18.6. The van der Waals surface area contributed by atoms with Gasteiger partial charge < -0.3 is 36.1 Å². The molecule has 1 heterocycles. The summed E-state index contributed by atoms with van der Waals surface area (Å²) >= 11 is 0. The van der Waals surface area contributed by atoms with Gasteiger partial charge >= 0.3 is 0 Å². The van der Waals surface area contributed by atoms with Crippen molar-refractivity contribution in [2.24, 2.45) is 0 Å². The maximum absolute atomic E-state index is 12.5. The van der Waals surface area contributed by atoms with Gasteiger partial charge in [0.2, 0.25) is 11.8 Å². The number of hydrogen-bond acceptors (Lipinski definition) is 8. The zero-order valence-electron chi connectivity index (χ0n) is 29.4. The van der Waals surface area contributed by atoms with Crippen LogP contribution in [-0.4, -0.2) is 52.7 Å². The number of hydrogen-bond donors (Lipinski definition) is 5. The number of nitrogens with zero attached hydrogens (tertiary/aromatic N) is 1. The molecule has 4 aromatic rings. The smallest absolute Gasteiger partial charge is 0.224 e. The van der Waals surface area contributed by atoms with Gasteiger partial charge in [0, 0.05) is 44.0 Å². The Hall–Kier alpha value is -4.58. The molecule has 2 amide bonds. The molecule has 270 valence electrons. The largest absolute Gasteiger partial charge is 0.397 e. The molecule has 0 bridgehead atoms. The SMILES string of the molecule is C[C@H]([C@@H](O)c1ccccc1)N(C)C[C@@H]1C[C@H](c2ccc(CO)cc2)O[C@H](c2ccc(CNC(=O)CCCCC(=O)Nc3ccccc3N)cc2)O1. The summed E-state index contributed by atoms with van der Waals surface area (Å²) in [6.45, 7) is 2.96. The van der Waals surface area contributed by atoms with E-state index in [0.29, 0.717) is 56.6 Å². The Morgan fingerprint density at radius 2 is 1.47 bits per heavy atom. The van der Waals surface area contributed by atoms with E-state index in [1.807, 2.05) is 105 Å². The number of aliphatic hydroxyl groups excluding tert-OH is 2. The predicted octanol–water partition coefficient (Wildman–Crippen LogP) is 6.18. The van der Waals surface area contributed by atoms with Crippen molar-refractivity contribution < 1.29 is 29.3 Å². The Kier molecular flexibility index (Phi) is 13.7. The number of benzene rings is 4. The molecule has 0 spiro atoms. The van der Waals surface area contributed by atoms with Gasteiger partial charge in [0.1, 0.15) is 0 Å². The van der Waals surface area contributed by atoms with Crippen LogP contribution < -0.4 is 16.4 Å². The summed E-state index contributed by atoms with van der Waals surface area (Å²) in [5, 5.41) is 26.4. The molecule has 0 saturated carbocycles. The van der Waals surface area contributed by atoms with E-state index in [0.717, 1.165) is 27.8 Å². The van der Waals surface area contributed by atoms with Gasteiger partial charge in [-0.15, -0.1) is 0 Å². The number of carbonyl (C=O) groups is 2. The number of likely N-dealkylation sites (N-methyl/N-ethyl adjacent to an activating group) is 1. The van der Waals surface area contributed by atoms with Crippen molar-refractivity contribution in [1.29, 1.82) is 0 Å². The third-order valence-corrected chi connectivity index (χ3v) is 9.43. The van der Waals surface area contributed by atoms with E-state index < -0.39 is 12.4 Å². The number of rotatable bonds is 16. The number of nitrogen functional groups attached to an aromatic ring is 1. The highest BCUT2D eigenvalue weighted by Gasteiger charge is 2.34. The molecule has 1 aliphatic heterocycles. The van der Waals surface area contributed by atoms with Crippen molar-refractivity contribution in [3.8, 4) is 0 Å².